The molecule has 19 heavy (non-hydrogen) atoms. The second-order valence-electron chi connectivity index (χ2n) is 4.02. The van der Waals surface area contributed by atoms with Gasteiger partial charge in [-0.3, -0.25) is 0 Å². The SMILES string of the molecule is COC(=O)c1cc(=O)oc2cc3oc(C)nc3cc12. The Morgan fingerprint density at radius 1 is 1.21 bits per heavy atom. The molecule has 0 unspecified atom stereocenters. The largest absolute Gasteiger partial charge is 0.465 e. The maximum absolute atomic E-state index is 11.7. The molecular formula is C13H9NO5. The van der Waals surface area contributed by atoms with E-state index in [1.165, 1.54) is 7.11 Å². The van der Waals surface area contributed by atoms with Crippen LogP contribution in [0.15, 0.2) is 31.8 Å². The van der Waals surface area contributed by atoms with Crippen molar-refractivity contribution in [1.82, 2.24) is 4.98 Å². The molecule has 3 rings (SSSR count). The van der Waals surface area contributed by atoms with Crippen molar-refractivity contribution in [2.24, 2.45) is 0 Å². The first-order valence-corrected chi connectivity index (χ1v) is 5.52. The molecule has 6 nitrogen and oxygen atoms in total. The van der Waals surface area contributed by atoms with Crippen molar-refractivity contribution >= 4 is 28.0 Å². The molecule has 0 aliphatic heterocycles. The number of aromatic nitrogens is 1. The van der Waals surface area contributed by atoms with Crippen LogP contribution in [0.4, 0.5) is 0 Å². The summed E-state index contributed by atoms with van der Waals surface area (Å²) in [5, 5.41) is 0.465. The number of rotatable bonds is 1. The van der Waals surface area contributed by atoms with Crippen LogP contribution in [0.25, 0.3) is 22.1 Å². The Labute approximate surface area is 106 Å². The Morgan fingerprint density at radius 3 is 2.74 bits per heavy atom. The van der Waals surface area contributed by atoms with Crippen LogP contribution in [0.1, 0.15) is 16.2 Å². The first-order valence-electron chi connectivity index (χ1n) is 5.52. The summed E-state index contributed by atoms with van der Waals surface area (Å²) in [6, 6.07) is 4.28. The van der Waals surface area contributed by atoms with Crippen LogP contribution in [0, 0.1) is 6.92 Å². The number of carbonyl (C=O) groups is 1. The van der Waals surface area contributed by atoms with Gasteiger partial charge in [0.2, 0.25) is 0 Å². The van der Waals surface area contributed by atoms with Gasteiger partial charge >= 0.3 is 11.6 Å². The molecule has 0 aliphatic carbocycles. The van der Waals surface area contributed by atoms with Crippen LogP contribution >= 0.6 is 0 Å². The van der Waals surface area contributed by atoms with E-state index >= 15 is 0 Å². The van der Waals surface area contributed by atoms with Crippen LogP contribution in [-0.4, -0.2) is 18.1 Å². The Balaban J connectivity index is 2.45. The normalized spacial score (nSPS) is 11.1. The van der Waals surface area contributed by atoms with Gasteiger partial charge in [-0.15, -0.1) is 0 Å². The maximum Gasteiger partial charge on any atom is 0.338 e. The van der Waals surface area contributed by atoms with E-state index in [1.807, 2.05) is 0 Å². The van der Waals surface area contributed by atoms with E-state index in [-0.39, 0.29) is 11.1 Å². The molecule has 1 aromatic carbocycles. The second kappa shape index (κ2) is 3.94. The van der Waals surface area contributed by atoms with Gasteiger partial charge in [0.15, 0.2) is 11.5 Å². The summed E-state index contributed by atoms with van der Waals surface area (Å²) in [5.41, 5.74) is 0.871. The Hall–Kier alpha value is -2.63. The van der Waals surface area contributed by atoms with Gasteiger partial charge in [0.1, 0.15) is 11.1 Å². The number of fused-ring (bicyclic) bond motifs is 2. The molecule has 0 radical (unpaired) electrons. The highest BCUT2D eigenvalue weighted by Gasteiger charge is 2.16. The van der Waals surface area contributed by atoms with Gasteiger partial charge in [-0.2, -0.15) is 0 Å². The van der Waals surface area contributed by atoms with E-state index in [9.17, 15) is 9.59 Å². The monoisotopic (exact) mass is 259 g/mol. The maximum atomic E-state index is 11.7. The second-order valence-corrected chi connectivity index (χ2v) is 4.02. The number of benzene rings is 1. The third kappa shape index (κ3) is 1.77. The number of ether oxygens (including phenoxy) is 1. The minimum atomic E-state index is -0.622. The first kappa shape index (κ1) is 11.5. The number of oxazole rings is 1. The number of esters is 1. The van der Waals surface area contributed by atoms with Crippen molar-refractivity contribution in [3.05, 3.63) is 40.1 Å². The molecule has 2 aromatic heterocycles. The quantitative estimate of drug-likeness (QED) is 0.491. The van der Waals surface area contributed by atoms with Crippen molar-refractivity contribution in [2.75, 3.05) is 7.11 Å². The lowest BCUT2D eigenvalue weighted by Crippen LogP contribution is -2.08. The fraction of sp³-hybridized carbons (Fsp3) is 0.154. The molecular weight excluding hydrogens is 250 g/mol. The van der Waals surface area contributed by atoms with Crippen molar-refractivity contribution in [3.8, 4) is 0 Å². The molecule has 6 heteroatoms. The van der Waals surface area contributed by atoms with E-state index in [0.29, 0.717) is 22.4 Å². The fourth-order valence-corrected chi connectivity index (χ4v) is 1.98. The predicted octanol–water partition coefficient (Wildman–Crippen LogP) is 2.03. The Kier molecular flexibility index (Phi) is 2.38. The van der Waals surface area contributed by atoms with Gasteiger partial charge in [0.25, 0.3) is 0 Å². The van der Waals surface area contributed by atoms with E-state index in [0.717, 1.165) is 6.07 Å². The van der Waals surface area contributed by atoms with Gasteiger partial charge in [0.05, 0.1) is 12.7 Å². The topological polar surface area (TPSA) is 82.5 Å². The molecule has 0 N–H and O–H groups in total. The number of hydrogen-bond acceptors (Lipinski definition) is 6. The lowest BCUT2D eigenvalue weighted by Gasteiger charge is -2.02. The zero-order valence-electron chi connectivity index (χ0n) is 10.2. The van der Waals surface area contributed by atoms with E-state index in [1.54, 1.807) is 19.1 Å². The molecule has 0 spiro atoms. The molecule has 0 amide bonds. The third-order valence-electron chi connectivity index (χ3n) is 2.76. The van der Waals surface area contributed by atoms with Gasteiger partial charge in [0, 0.05) is 24.4 Å². The third-order valence-corrected chi connectivity index (χ3v) is 2.76. The predicted molar refractivity (Wildman–Crippen MR) is 66.1 cm³/mol. The van der Waals surface area contributed by atoms with Crippen molar-refractivity contribution in [3.63, 3.8) is 0 Å². The molecule has 96 valence electrons. The van der Waals surface area contributed by atoms with Gasteiger partial charge < -0.3 is 13.6 Å². The zero-order chi connectivity index (χ0) is 13.6. The highest BCUT2D eigenvalue weighted by atomic mass is 16.5. The summed E-state index contributed by atoms with van der Waals surface area (Å²) in [4.78, 5) is 27.3. The van der Waals surface area contributed by atoms with Crippen molar-refractivity contribution < 1.29 is 18.4 Å². The highest BCUT2D eigenvalue weighted by Crippen LogP contribution is 2.25. The molecule has 0 bridgehead atoms. The van der Waals surface area contributed by atoms with Crippen LogP contribution in [-0.2, 0) is 4.74 Å². The van der Waals surface area contributed by atoms with Crippen LogP contribution < -0.4 is 5.63 Å². The van der Waals surface area contributed by atoms with Crippen LogP contribution in [0.5, 0.6) is 0 Å². The summed E-state index contributed by atoms with van der Waals surface area (Å²) >= 11 is 0. The lowest BCUT2D eigenvalue weighted by atomic mass is 10.1. The molecule has 0 aliphatic rings. The number of carbonyl (C=O) groups excluding carboxylic acids is 1. The molecule has 3 aromatic rings. The summed E-state index contributed by atoms with van der Waals surface area (Å²) in [5.74, 6) is -0.107. The Morgan fingerprint density at radius 2 is 2.00 bits per heavy atom. The summed E-state index contributed by atoms with van der Waals surface area (Å²) in [7, 11) is 1.25. The number of methoxy groups -OCH3 is 1. The average Bonchev–Trinajstić information content (AvgIpc) is 2.73. The van der Waals surface area contributed by atoms with Gasteiger partial charge in [-0.25, -0.2) is 14.6 Å². The average molecular weight is 259 g/mol. The van der Waals surface area contributed by atoms with Gasteiger partial charge in [-0.05, 0) is 6.07 Å². The van der Waals surface area contributed by atoms with Crippen molar-refractivity contribution in [1.29, 1.82) is 0 Å². The summed E-state index contributed by atoms with van der Waals surface area (Å²) in [6.07, 6.45) is 0. The smallest absolute Gasteiger partial charge is 0.338 e. The summed E-state index contributed by atoms with van der Waals surface area (Å²) < 4.78 is 15.1. The zero-order valence-corrected chi connectivity index (χ0v) is 10.2. The molecule has 2 heterocycles. The molecule has 0 fully saturated rings. The minimum Gasteiger partial charge on any atom is -0.465 e. The Bertz CT molecular complexity index is 858. The van der Waals surface area contributed by atoms with E-state index < -0.39 is 11.6 Å². The van der Waals surface area contributed by atoms with E-state index in [4.69, 9.17) is 8.83 Å². The number of aryl methyl sites for hydroxylation is 1. The summed E-state index contributed by atoms with van der Waals surface area (Å²) in [6.45, 7) is 1.71. The minimum absolute atomic E-state index is 0.149. The van der Waals surface area contributed by atoms with Crippen LogP contribution in [0.3, 0.4) is 0 Å². The number of hydrogen-bond donors (Lipinski definition) is 0. The molecule has 0 atom stereocenters. The van der Waals surface area contributed by atoms with E-state index in [2.05, 4.69) is 9.72 Å². The van der Waals surface area contributed by atoms with Gasteiger partial charge in [-0.1, -0.05) is 0 Å². The first-order chi connectivity index (χ1) is 9.08. The fourth-order valence-electron chi connectivity index (χ4n) is 1.98. The molecule has 0 saturated heterocycles. The molecule has 0 saturated carbocycles. The van der Waals surface area contributed by atoms with Crippen LogP contribution in [0.2, 0.25) is 0 Å². The number of nitrogens with zero attached hydrogens (tertiary/aromatic N) is 1. The lowest BCUT2D eigenvalue weighted by molar-refractivity contribution is 0.0602. The highest BCUT2D eigenvalue weighted by molar-refractivity contribution is 6.05. The van der Waals surface area contributed by atoms with Crippen molar-refractivity contribution in [2.45, 2.75) is 6.92 Å². The standard InChI is InChI=1S/C13H9NO5/c1-6-14-9-3-7-8(13(16)17-2)4-12(15)19-10(7)5-11(9)18-6/h3-5H,1-2H3.